The quantitative estimate of drug-likeness (QED) is 0.617. The van der Waals surface area contributed by atoms with E-state index in [-0.39, 0.29) is 0 Å². The largest absolute Gasteiger partial charge is 0.478 e. The van der Waals surface area contributed by atoms with Crippen LogP contribution in [0.25, 0.3) is 0 Å². The fourth-order valence-electron chi connectivity index (χ4n) is 3.32. The third-order valence-electron chi connectivity index (χ3n) is 4.61. The summed E-state index contributed by atoms with van der Waals surface area (Å²) in [4.78, 5) is 0. The van der Waals surface area contributed by atoms with Crippen molar-refractivity contribution in [3.63, 3.8) is 0 Å². The van der Waals surface area contributed by atoms with E-state index >= 15 is 0 Å². The highest BCUT2D eigenvalue weighted by Gasteiger charge is 2.35. The maximum atomic E-state index is 6.49. The van der Waals surface area contributed by atoms with Crippen LogP contribution in [0.2, 0.25) is 0 Å². The molecule has 1 atom stereocenters. The summed E-state index contributed by atoms with van der Waals surface area (Å²) < 4.78 is 12.6. The molecule has 3 aromatic rings. The van der Waals surface area contributed by atoms with Crippen LogP contribution in [0.1, 0.15) is 12.0 Å². The van der Waals surface area contributed by atoms with Crippen LogP contribution in [0, 0.1) is 0 Å². The number of ether oxygens (including phenoxy) is 2. The molecule has 0 fully saturated rings. The van der Waals surface area contributed by atoms with E-state index in [0.29, 0.717) is 29.3 Å². The summed E-state index contributed by atoms with van der Waals surface area (Å²) in [6, 6.07) is 25.0. The second-order valence-corrected chi connectivity index (χ2v) is 6.77. The predicted molar refractivity (Wildman–Crippen MR) is 113 cm³/mol. The zero-order chi connectivity index (χ0) is 19.4. The fraction of sp³-hybridized carbons (Fsp3) is 0.0833. The zero-order valence-electron chi connectivity index (χ0n) is 15.4. The molecule has 3 aromatic carbocycles. The van der Waals surface area contributed by atoms with E-state index in [1.807, 2.05) is 78.9 Å². The predicted octanol–water partition coefficient (Wildman–Crippen LogP) is 5.05. The lowest BCUT2D eigenvalue weighted by atomic mass is 9.86. The summed E-state index contributed by atoms with van der Waals surface area (Å²) in [5, 5.41) is 0. The average molecular weight is 370 g/mol. The number of rotatable bonds is 5. The molecule has 1 unspecified atom stereocenters. The summed E-state index contributed by atoms with van der Waals surface area (Å²) in [5.74, 6) is 2.20. The molecule has 0 amide bonds. The van der Waals surface area contributed by atoms with Crippen molar-refractivity contribution in [3.05, 3.63) is 108 Å². The summed E-state index contributed by atoms with van der Waals surface area (Å²) in [6.45, 7) is 0. The van der Waals surface area contributed by atoms with Gasteiger partial charge in [0.25, 0.3) is 0 Å². The number of hydrogen-bond acceptors (Lipinski definition) is 4. The number of allylic oxidation sites excluding steroid dienone is 2. The molecule has 0 radical (unpaired) electrons. The zero-order valence-corrected chi connectivity index (χ0v) is 15.4. The first-order chi connectivity index (χ1) is 13.6. The Bertz CT molecular complexity index is 1030. The van der Waals surface area contributed by atoms with E-state index in [9.17, 15) is 0 Å². The molecule has 4 nitrogen and oxygen atoms in total. The fourth-order valence-corrected chi connectivity index (χ4v) is 3.32. The molecule has 0 heterocycles. The molecule has 0 saturated carbocycles. The van der Waals surface area contributed by atoms with Gasteiger partial charge in [-0.3, -0.25) is 0 Å². The average Bonchev–Trinajstić information content (AvgIpc) is 2.69. The highest BCUT2D eigenvalue weighted by atomic mass is 16.5. The monoisotopic (exact) mass is 370 g/mol. The number of anilines is 2. The lowest BCUT2D eigenvalue weighted by Crippen LogP contribution is -2.33. The molecule has 1 aliphatic rings. The molecule has 0 bridgehead atoms. The SMILES string of the molecule is Nc1cccc(OC2=CC=CC(Oc3cccc(N)c3)(c3ccccc3)C2)c1. The molecule has 28 heavy (non-hydrogen) atoms. The van der Waals surface area contributed by atoms with Gasteiger partial charge in [-0.1, -0.05) is 48.5 Å². The molecule has 1 aliphatic carbocycles. The molecule has 0 aliphatic heterocycles. The maximum Gasteiger partial charge on any atom is 0.159 e. The van der Waals surface area contributed by atoms with Crippen molar-refractivity contribution in [2.45, 2.75) is 12.0 Å². The van der Waals surface area contributed by atoms with Gasteiger partial charge in [0.1, 0.15) is 17.3 Å². The van der Waals surface area contributed by atoms with Gasteiger partial charge in [-0.25, -0.2) is 0 Å². The number of nitrogen functional groups attached to an aromatic ring is 2. The Morgan fingerprint density at radius 2 is 1.43 bits per heavy atom. The summed E-state index contributed by atoms with van der Waals surface area (Å²) in [5.41, 5.74) is 13.5. The van der Waals surface area contributed by atoms with Crippen LogP contribution in [0.15, 0.2) is 103 Å². The van der Waals surface area contributed by atoms with Crippen molar-refractivity contribution in [1.82, 2.24) is 0 Å². The molecule has 4 heteroatoms. The number of hydrogen-bond donors (Lipinski definition) is 2. The van der Waals surface area contributed by atoms with Crippen molar-refractivity contribution in [2.24, 2.45) is 0 Å². The molecule has 0 saturated heterocycles. The van der Waals surface area contributed by atoms with Gasteiger partial charge in [0.15, 0.2) is 5.60 Å². The van der Waals surface area contributed by atoms with Gasteiger partial charge in [-0.05, 0) is 42.0 Å². The van der Waals surface area contributed by atoms with Crippen molar-refractivity contribution < 1.29 is 9.47 Å². The lowest BCUT2D eigenvalue weighted by Gasteiger charge is -2.34. The number of nitrogens with two attached hydrogens (primary N) is 2. The van der Waals surface area contributed by atoms with Crippen molar-refractivity contribution in [3.8, 4) is 11.5 Å². The minimum absolute atomic E-state index is 0.539. The Hall–Kier alpha value is -3.66. The summed E-state index contributed by atoms with van der Waals surface area (Å²) in [6.07, 6.45) is 6.51. The van der Waals surface area contributed by atoms with Gasteiger partial charge in [0.05, 0.1) is 6.42 Å². The Morgan fingerprint density at radius 3 is 2.14 bits per heavy atom. The first-order valence-electron chi connectivity index (χ1n) is 9.15. The van der Waals surface area contributed by atoms with Gasteiger partial charge in [-0.15, -0.1) is 0 Å². The van der Waals surface area contributed by atoms with Crippen LogP contribution < -0.4 is 20.9 Å². The molecule has 0 aromatic heterocycles. The van der Waals surface area contributed by atoms with Crippen LogP contribution in [0.3, 0.4) is 0 Å². The molecule has 4 N–H and O–H groups in total. The third-order valence-corrected chi connectivity index (χ3v) is 4.61. The van der Waals surface area contributed by atoms with Gasteiger partial charge in [-0.2, -0.15) is 0 Å². The molecular weight excluding hydrogens is 348 g/mol. The number of benzene rings is 3. The normalized spacial score (nSPS) is 18.4. The molecular formula is C24H22N2O2. The van der Waals surface area contributed by atoms with Crippen LogP contribution in [-0.4, -0.2) is 0 Å². The summed E-state index contributed by atoms with van der Waals surface area (Å²) in [7, 11) is 0. The van der Waals surface area contributed by atoms with Gasteiger partial charge in [0.2, 0.25) is 0 Å². The first-order valence-corrected chi connectivity index (χ1v) is 9.15. The summed E-state index contributed by atoms with van der Waals surface area (Å²) >= 11 is 0. The van der Waals surface area contributed by atoms with Crippen LogP contribution >= 0.6 is 0 Å². The Morgan fingerprint density at radius 1 is 0.750 bits per heavy atom. The smallest absolute Gasteiger partial charge is 0.159 e. The molecule has 140 valence electrons. The Labute approximate surface area is 164 Å². The highest BCUT2D eigenvalue weighted by Crippen LogP contribution is 2.39. The van der Waals surface area contributed by atoms with Crippen molar-refractivity contribution in [1.29, 1.82) is 0 Å². The lowest BCUT2D eigenvalue weighted by molar-refractivity contribution is 0.105. The van der Waals surface area contributed by atoms with Crippen LogP contribution in [-0.2, 0) is 5.60 Å². The third kappa shape index (κ3) is 3.86. The minimum atomic E-state index is -0.695. The maximum absolute atomic E-state index is 6.49. The second kappa shape index (κ2) is 7.53. The van der Waals surface area contributed by atoms with Crippen molar-refractivity contribution >= 4 is 11.4 Å². The molecule has 4 rings (SSSR count). The first kappa shape index (κ1) is 17.7. The van der Waals surface area contributed by atoms with Gasteiger partial charge in [0, 0.05) is 23.5 Å². The van der Waals surface area contributed by atoms with Gasteiger partial charge >= 0.3 is 0 Å². The molecule has 0 spiro atoms. The van der Waals surface area contributed by atoms with E-state index in [1.165, 1.54) is 0 Å². The minimum Gasteiger partial charge on any atom is -0.478 e. The van der Waals surface area contributed by atoms with E-state index in [4.69, 9.17) is 20.9 Å². The topological polar surface area (TPSA) is 70.5 Å². The van der Waals surface area contributed by atoms with Crippen LogP contribution in [0.5, 0.6) is 11.5 Å². The highest BCUT2D eigenvalue weighted by molar-refractivity contribution is 5.46. The second-order valence-electron chi connectivity index (χ2n) is 6.77. The van der Waals surface area contributed by atoms with E-state index in [1.54, 1.807) is 0 Å². The standard InChI is InChI=1S/C24H22N2O2/c25-19-9-4-11-21(15-19)27-23-13-6-14-24(17-23,18-7-2-1-3-8-18)28-22-12-5-10-20(26)16-22/h1-16H,17,25-26H2. The Kier molecular flexibility index (Phi) is 4.77. The van der Waals surface area contributed by atoms with E-state index in [2.05, 4.69) is 18.2 Å². The Balaban J connectivity index is 1.67. The van der Waals surface area contributed by atoms with Crippen molar-refractivity contribution in [2.75, 3.05) is 11.5 Å². The van der Waals surface area contributed by atoms with Crippen LogP contribution in [0.4, 0.5) is 11.4 Å². The van der Waals surface area contributed by atoms with E-state index < -0.39 is 5.60 Å². The van der Waals surface area contributed by atoms with Gasteiger partial charge < -0.3 is 20.9 Å². The van der Waals surface area contributed by atoms with E-state index in [0.717, 1.165) is 11.3 Å².